The Balaban J connectivity index is 1.94. The molecule has 0 amide bonds. The minimum Gasteiger partial charge on any atom is -0.387 e. The number of rotatable bonds is 4. The largest absolute Gasteiger partial charge is 0.387 e. The molecule has 0 spiro atoms. The van der Waals surface area contributed by atoms with Crippen molar-refractivity contribution in [1.82, 2.24) is 9.55 Å². The molecule has 84 valence electrons. The molecular formula is C12H15N3O. The van der Waals surface area contributed by atoms with Crippen molar-refractivity contribution < 1.29 is 5.11 Å². The van der Waals surface area contributed by atoms with Gasteiger partial charge in [0.1, 0.15) is 0 Å². The Morgan fingerprint density at radius 3 is 2.75 bits per heavy atom. The lowest BCUT2D eigenvalue weighted by molar-refractivity contribution is 0.191. The van der Waals surface area contributed by atoms with Gasteiger partial charge in [0, 0.05) is 26.0 Å². The van der Waals surface area contributed by atoms with Crippen LogP contribution in [0.4, 0.5) is 5.95 Å². The molecule has 0 aliphatic carbocycles. The van der Waals surface area contributed by atoms with Crippen molar-refractivity contribution >= 4 is 5.95 Å². The van der Waals surface area contributed by atoms with Crippen LogP contribution in [0.1, 0.15) is 11.7 Å². The van der Waals surface area contributed by atoms with E-state index in [0.717, 1.165) is 11.5 Å². The van der Waals surface area contributed by atoms with E-state index in [2.05, 4.69) is 10.3 Å². The summed E-state index contributed by atoms with van der Waals surface area (Å²) in [5.41, 5.74) is 0.907. The molecule has 4 heteroatoms. The highest BCUT2D eigenvalue weighted by Gasteiger charge is 2.07. The number of hydrogen-bond donors (Lipinski definition) is 2. The smallest absolute Gasteiger partial charge is 0.202 e. The lowest BCUT2D eigenvalue weighted by Gasteiger charge is -2.12. The minimum absolute atomic E-state index is 0.453. The molecule has 2 rings (SSSR count). The first-order chi connectivity index (χ1) is 7.77. The van der Waals surface area contributed by atoms with Gasteiger partial charge in [0.05, 0.1) is 6.10 Å². The fraction of sp³-hybridized carbons (Fsp3) is 0.250. The molecule has 0 saturated heterocycles. The van der Waals surface area contributed by atoms with E-state index in [9.17, 15) is 5.11 Å². The summed E-state index contributed by atoms with van der Waals surface area (Å²) in [5.74, 6) is 0.759. The average molecular weight is 217 g/mol. The van der Waals surface area contributed by atoms with Crippen molar-refractivity contribution in [2.75, 3.05) is 11.9 Å². The summed E-state index contributed by atoms with van der Waals surface area (Å²) in [6.07, 6.45) is 3.06. The Morgan fingerprint density at radius 2 is 2.12 bits per heavy atom. The molecule has 2 N–H and O–H groups in total. The van der Waals surface area contributed by atoms with Gasteiger partial charge in [0.25, 0.3) is 0 Å². The fourth-order valence-electron chi connectivity index (χ4n) is 1.52. The summed E-state index contributed by atoms with van der Waals surface area (Å²) < 4.78 is 1.87. The lowest BCUT2D eigenvalue weighted by Crippen LogP contribution is -2.14. The van der Waals surface area contributed by atoms with E-state index >= 15 is 0 Å². The zero-order chi connectivity index (χ0) is 11.4. The maximum Gasteiger partial charge on any atom is 0.202 e. The van der Waals surface area contributed by atoms with Gasteiger partial charge in [-0.05, 0) is 5.56 Å². The summed E-state index contributed by atoms with van der Waals surface area (Å²) in [7, 11) is 1.91. The van der Waals surface area contributed by atoms with Crippen LogP contribution < -0.4 is 5.32 Å². The van der Waals surface area contributed by atoms with Gasteiger partial charge in [-0.2, -0.15) is 0 Å². The van der Waals surface area contributed by atoms with E-state index in [4.69, 9.17) is 0 Å². The molecule has 0 aliphatic heterocycles. The van der Waals surface area contributed by atoms with Gasteiger partial charge in [0.15, 0.2) is 0 Å². The second-order valence-corrected chi connectivity index (χ2v) is 3.67. The van der Waals surface area contributed by atoms with Crippen LogP contribution in [-0.2, 0) is 7.05 Å². The van der Waals surface area contributed by atoms with Crippen LogP contribution >= 0.6 is 0 Å². The van der Waals surface area contributed by atoms with Gasteiger partial charge in [-0.25, -0.2) is 4.98 Å². The maximum absolute atomic E-state index is 9.91. The van der Waals surface area contributed by atoms with E-state index in [1.54, 1.807) is 6.20 Å². The minimum atomic E-state index is -0.516. The number of aliphatic hydroxyl groups excluding tert-OH is 1. The number of nitrogens with zero attached hydrogens (tertiary/aromatic N) is 2. The molecule has 0 bridgehead atoms. The van der Waals surface area contributed by atoms with Crippen molar-refractivity contribution in [3.63, 3.8) is 0 Å². The van der Waals surface area contributed by atoms with Crippen LogP contribution in [0.25, 0.3) is 0 Å². The topological polar surface area (TPSA) is 50.1 Å². The van der Waals surface area contributed by atoms with E-state index in [0.29, 0.717) is 6.54 Å². The van der Waals surface area contributed by atoms with Gasteiger partial charge in [-0.15, -0.1) is 0 Å². The summed E-state index contributed by atoms with van der Waals surface area (Å²) in [4.78, 5) is 4.12. The average Bonchev–Trinajstić information content (AvgIpc) is 2.73. The van der Waals surface area contributed by atoms with Gasteiger partial charge in [-0.1, -0.05) is 30.3 Å². The van der Waals surface area contributed by atoms with Gasteiger partial charge in [0.2, 0.25) is 5.95 Å². The molecule has 0 saturated carbocycles. The Hall–Kier alpha value is -1.81. The molecular weight excluding hydrogens is 202 g/mol. The molecule has 1 aromatic carbocycles. The first kappa shape index (κ1) is 10.7. The highest BCUT2D eigenvalue weighted by Crippen LogP contribution is 2.12. The second kappa shape index (κ2) is 4.81. The van der Waals surface area contributed by atoms with Crippen LogP contribution in [0.5, 0.6) is 0 Å². The number of aryl methyl sites for hydroxylation is 1. The zero-order valence-electron chi connectivity index (χ0n) is 9.17. The predicted octanol–water partition coefficient (Wildman–Crippen LogP) is 1.57. The highest BCUT2D eigenvalue weighted by molar-refractivity contribution is 5.27. The van der Waals surface area contributed by atoms with Crippen molar-refractivity contribution in [3.05, 3.63) is 48.3 Å². The monoisotopic (exact) mass is 217 g/mol. The molecule has 4 nitrogen and oxygen atoms in total. The Morgan fingerprint density at radius 1 is 1.38 bits per heavy atom. The third-order valence-electron chi connectivity index (χ3n) is 2.46. The van der Waals surface area contributed by atoms with Crippen LogP contribution in [-0.4, -0.2) is 21.2 Å². The second-order valence-electron chi connectivity index (χ2n) is 3.67. The van der Waals surface area contributed by atoms with Crippen LogP contribution in [0.2, 0.25) is 0 Å². The number of aliphatic hydroxyl groups is 1. The first-order valence-electron chi connectivity index (χ1n) is 5.21. The first-order valence-corrected chi connectivity index (χ1v) is 5.21. The van der Waals surface area contributed by atoms with Crippen molar-refractivity contribution in [1.29, 1.82) is 0 Å². The number of anilines is 1. The number of aromatic nitrogens is 2. The number of nitrogens with one attached hydrogen (secondary N) is 1. The maximum atomic E-state index is 9.91. The van der Waals surface area contributed by atoms with E-state index in [-0.39, 0.29) is 0 Å². The number of imidazole rings is 1. The lowest BCUT2D eigenvalue weighted by atomic mass is 10.1. The van der Waals surface area contributed by atoms with E-state index < -0.39 is 6.10 Å². The van der Waals surface area contributed by atoms with Crippen LogP contribution in [0.3, 0.4) is 0 Å². The third-order valence-corrected chi connectivity index (χ3v) is 2.46. The predicted molar refractivity (Wildman–Crippen MR) is 63.1 cm³/mol. The van der Waals surface area contributed by atoms with Gasteiger partial charge in [-0.3, -0.25) is 0 Å². The third kappa shape index (κ3) is 2.41. The summed E-state index contributed by atoms with van der Waals surface area (Å²) in [6.45, 7) is 0.453. The Labute approximate surface area is 94.6 Å². The highest BCUT2D eigenvalue weighted by atomic mass is 16.3. The molecule has 0 radical (unpaired) electrons. The summed E-state index contributed by atoms with van der Waals surface area (Å²) in [5, 5.41) is 13.0. The van der Waals surface area contributed by atoms with Gasteiger partial charge < -0.3 is 15.0 Å². The van der Waals surface area contributed by atoms with Crippen molar-refractivity contribution in [2.24, 2.45) is 7.05 Å². The molecule has 1 atom stereocenters. The quantitative estimate of drug-likeness (QED) is 0.817. The molecule has 1 unspecified atom stereocenters. The van der Waals surface area contributed by atoms with E-state index in [1.165, 1.54) is 0 Å². The Kier molecular flexibility index (Phi) is 3.22. The summed E-state index contributed by atoms with van der Waals surface area (Å²) >= 11 is 0. The molecule has 1 aromatic heterocycles. The standard InChI is InChI=1S/C12H15N3O/c1-15-8-7-13-12(15)14-9-11(16)10-5-3-2-4-6-10/h2-8,11,16H,9H2,1H3,(H,13,14). The van der Waals surface area contributed by atoms with Crippen LogP contribution in [0.15, 0.2) is 42.7 Å². The SMILES string of the molecule is Cn1ccnc1NCC(O)c1ccccc1. The molecule has 16 heavy (non-hydrogen) atoms. The van der Waals surface area contributed by atoms with Crippen LogP contribution in [0, 0.1) is 0 Å². The zero-order valence-corrected chi connectivity index (χ0v) is 9.17. The number of benzene rings is 1. The Bertz CT molecular complexity index is 439. The van der Waals surface area contributed by atoms with Crippen molar-refractivity contribution in [2.45, 2.75) is 6.10 Å². The molecule has 1 heterocycles. The van der Waals surface area contributed by atoms with Gasteiger partial charge >= 0.3 is 0 Å². The molecule has 0 fully saturated rings. The molecule has 2 aromatic rings. The number of hydrogen-bond acceptors (Lipinski definition) is 3. The fourth-order valence-corrected chi connectivity index (χ4v) is 1.52. The van der Waals surface area contributed by atoms with E-state index in [1.807, 2.05) is 48.1 Å². The normalized spacial score (nSPS) is 12.4. The summed E-state index contributed by atoms with van der Waals surface area (Å²) in [6, 6.07) is 9.58. The molecule has 0 aliphatic rings. The van der Waals surface area contributed by atoms with Crippen molar-refractivity contribution in [3.8, 4) is 0 Å².